The van der Waals surface area contributed by atoms with Crippen LogP contribution in [-0.2, 0) is 14.3 Å². The van der Waals surface area contributed by atoms with Crippen LogP contribution in [0.15, 0.2) is 72.3 Å². The van der Waals surface area contributed by atoms with E-state index in [0.717, 1.165) is 6.08 Å². The number of piperidine rings is 1. The molecular weight excluding hydrogens is 382 g/mol. The number of benzene rings is 2. The summed E-state index contributed by atoms with van der Waals surface area (Å²) in [5, 5.41) is 17.7. The van der Waals surface area contributed by atoms with Crippen LogP contribution >= 0.6 is 0 Å². The Morgan fingerprint density at radius 1 is 0.967 bits per heavy atom. The Kier molecular flexibility index (Phi) is 9.25. The van der Waals surface area contributed by atoms with Crippen molar-refractivity contribution in [3.05, 3.63) is 72.3 Å². The van der Waals surface area contributed by atoms with Gasteiger partial charge in [-0.15, -0.1) is 0 Å². The van der Waals surface area contributed by atoms with Gasteiger partial charge in [0, 0.05) is 31.8 Å². The van der Waals surface area contributed by atoms with E-state index < -0.39 is 11.9 Å². The van der Waals surface area contributed by atoms with Crippen molar-refractivity contribution >= 4 is 11.9 Å². The van der Waals surface area contributed by atoms with Gasteiger partial charge in [0.05, 0.1) is 0 Å². The second kappa shape index (κ2) is 11.9. The highest BCUT2D eigenvalue weighted by Gasteiger charge is 2.28. The molecule has 0 amide bonds. The summed E-state index contributed by atoms with van der Waals surface area (Å²) < 4.78 is 5.20. The fourth-order valence-electron chi connectivity index (χ4n) is 3.47. The van der Waals surface area contributed by atoms with Crippen LogP contribution in [0.1, 0.15) is 19.8 Å². The van der Waals surface area contributed by atoms with Crippen molar-refractivity contribution in [3.8, 4) is 11.1 Å². The first-order valence-electron chi connectivity index (χ1n) is 9.97. The van der Waals surface area contributed by atoms with Crippen LogP contribution in [0.3, 0.4) is 0 Å². The Balaban J connectivity index is 0.000000230. The van der Waals surface area contributed by atoms with E-state index in [1.54, 1.807) is 7.11 Å². The lowest BCUT2D eigenvalue weighted by molar-refractivity contribution is -0.135. The molecule has 2 aromatic carbocycles. The second-order valence-corrected chi connectivity index (χ2v) is 7.12. The fraction of sp³-hybridized carbons (Fsp3) is 0.333. The number of ether oxygens (including phenoxy) is 1. The molecule has 6 heteroatoms. The largest absolute Gasteiger partial charge is 0.478 e. The topological polar surface area (TPSA) is 87.1 Å². The third-order valence-corrected chi connectivity index (χ3v) is 5.23. The molecule has 0 aliphatic carbocycles. The van der Waals surface area contributed by atoms with E-state index >= 15 is 0 Å². The summed E-state index contributed by atoms with van der Waals surface area (Å²) in [5.41, 5.74) is 2.54. The van der Waals surface area contributed by atoms with Crippen molar-refractivity contribution < 1.29 is 24.5 Å². The van der Waals surface area contributed by atoms with Gasteiger partial charge in [0.2, 0.25) is 0 Å². The van der Waals surface area contributed by atoms with Gasteiger partial charge in [0.25, 0.3) is 0 Å². The molecule has 0 spiro atoms. The minimum atomic E-state index is -1.21. The Bertz CT molecular complexity index is 790. The number of hydrogen-bond donors (Lipinski definition) is 2. The third-order valence-electron chi connectivity index (χ3n) is 5.23. The summed E-state index contributed by atoms with van der Waals surface area (Å²) in [5.74, 6) is -2.55. The van der Waals surface area contributed by atoms with E-state index in [0.29, 0.717) is 25.9 Å². The lowest BCUT2D eigenvalue weighted by Crippen LogP contribution is -2.41. The van der Waals surface area contributed by atoms with Gasteiger partial charge in [0.1, 0.15) is 6.23 Å². The first-order valence-corrected chi connectivity index (χ1v) is 9.97. The number of aliphatic carboxylic acids is 2. The smallest absolute Gasteiger partial charge is 0.332 e. The van der Waals surface area contributed by atoms with E-state index in [1.807, 2.05) is 19.1 Å². The SMILES string of the molecule is COC(C)N1CCC(/C(=C/C(=O)O)C(=O)O)CC1.c1ccc(-c2ccccc2)cc1. The molecule has 1 heterocycles. The van der Waals surface area contributed by atoms with E-state index in [9.17, 15) is 9.59 Å². The maximum Gasteiger partial charge on any atom is 0.332 e. The van der Waals surface area contributed by atoms with Crippen LogP contribution in [0.25, 0.3) is 11.1 Å². The molecule has 2 aromatic rings. The molecule has 1 atom stereocenters. The molecule has 0 bridgehead atoms. The Morgan fingerprint density at radius 3 is 1.80 bits per heavy atom. The van der Waals surface area contributed by atoms with Crippen molar-refractivity contribution in [2.24, 2.45) is 5.92 Å². The lowest BCUT2D eigenvalue weighted by atomic mass is 9.88. The maximum atomic E-state index is 11.0. The average molecular weight is 411 g/mol. The molecule has 0 saturated carbocycles. The molecule has 1 unspecified atom stereocenters. The summed E-state index contributed by atoms with van der Waals surface area (Å²) >= 11 is 0. The van der Waals surface area contributed by atoms with Crippen LogP contribution in [-0.4, -0.2) is 53.5 Å². The van der Waals surface area contributed by atoms with Gasteiger partial charge < -0.3 is 14.9 Å². The van der Waals surface area contributed by atoms with Crippen LogP contribution in [0, 0.1) is 5.92 Å². The molecule has 1 aliphatic heterocycles. The lowest BCUT2D eigenvalue weighted by Gasteiger charge is -2.35. The highest BCUT2D eigenvalue weighted by Crippen LogP contribution is 2.26. The van der Waals surface area contributed by atoms with Crippen LogP contribution < -0.4 is 0 Å². The summed E-state index contributed by atoms with van der Waals surface area (Å²) in [6.07, 6.45) is 2.09. The molecule has 1 saturated heterocycles. The van der Waals surface area contributed by atoms with Gasteiger partial charge in [-0.25, -0.2) is 9.59 Å². The second-order valence-electron chi connectivity index (χ2n) is 7.12. The first kappa shape index (κ1) is 23.3. The van der Waals surface area contributed by atoms with Crippen LogP contribution in [0.4, 0.5) is 0 Å². The number of carboxylic acids is 2. The maximum absolute atomic E-state index is 11.0. The van der Waals surface area contributed by atoms with E-state index in [4.69, 9.17) is 14.9 Å². The van der Waals surface area contributed by atoms with Gasteiger partial charge in [-0.2, -0.15) is 0 Å². The summed E-state index contributed by atoms with van der Waals surface area (Å²) in [4.78, 5) is 23.7. The van der Waals surface area contributed by atoms with Crippen LogP contribution in [0.5, 0.6) is 0 Å². The molecule has 30 heavy (non-hydrogen) atoms. The number of nitrogens with zero attached hydrogens (tertiary/aromatic N) is 1. The predicted octanol–water partition coefficient (Wildman–Crippen LogP) is 4.14. The Labute approximate surface area is 177 Å². The Hall–Kier alpha value is -2.96. The molecule has 2 N–H and O–H groups in total. The zero-order valence-electron chi connectivity index (χ0n) is 17.4. The summed E-state index contributed by atoms with van der Waals surface area (Å²) in [6, 6.07) is 20.8. The van der Waals surface area contributed by atoms with E-state index in [-0.39, 0.29) is 17.7 Å². The highest BCUT2D eigenvalue weighted by molar-refractivity contribution is 5.95. The van der Waals surface area contributed by atoms with Crippen molar-refractivity contribution in [2.45, 2.75) is 26.0 Å². The summed E-state index contributed by atoms with van der Waals surface area (Å²) in [7, 11) is 1.63. The van der Waals surface area contributed by atoms with Gasteiger partial charge in [0.15, 0.2) is 0 Å². The minimum absolute atomic E-state index is 0.00248. The highest BCUT2D eigenvalue weighted by atomic mass is 16.5. The molecule has 1 fully saturated rings. The first-order chi connectivity index (χ1) is 14.4. The molecule has 6 nitrogen and oxygen atoms in total. The van der Waals surface area contributed by atoms with Gasteiger partial charge in [-0.05, 0) is 36.8 Å². The normalized spacial score (nSPS) is 16.3. The van der Waals surface area contributed by atoms with Crippen molar-refractivity contribution in [1.82, 2.24) is 4.90 Å². The van der Waals surface area contributed by atoms with Gasteiger partial charge in [-0.3, -0.25) is 4.90 Å². The number of rotatable bonds is 6. The fourth-order valence-corrected chi connectivity index (χ4v) is 3.47. The number of hydrogen-bond acceptors (Lipinski definition) is 4. The van der Waals surface area contributed by atoms with Crippen molar-refractivity contribution in [3.63, 3.8) is 0 Å². The van der Waals surface area contributed by atoms with Crippen molar-refractivity contribution in [2.75, 3.05) is 20.2 Å². The molecule has 3 rings (SSSR count). The van der Waals surface area contributed by atoms with Gasteiger partial charge >= 0.3 is 11.9 Å². The van der Waals surface area contributed by atoms with Crippen molar-refractivity contribution in [1.29, 1.82) is 0 Å². The molecular formula is C24H29NO5. The monoisotopic (exact) mass is 411 g/mol. The zero-order valence-corrected chi connectivity index (χ0v) is 17.4. The predicted molar refractivity (Wildman–Crippen MR) is 116 cm³/mol. The minimum Gasteiger partial charge on any atom is -0.478 e. The molecule has 0 radical (unpaired) electrons. The Morgan fingerprint density at radius 2 is 1.43 bits per heavy atom. The number of carboxylic acid groups (broad SMARTS) is 2. The number of carbonyl (C=O) groups is 2. The zero-order chi connectivity index (χ0) is 21.9. The van der Waals surface area contributed by atoms with E-state index in [1.165, 1.54) is 11.1 Å². The standard InChI is InChI=1S/C12H19NO5.C12H10/c1-8(18-2)13-5-3-9(4-6-13)10(12(16)17)7-11(14)15;1-3-7-11(8-4-1)12-9-5-2-6-10-12/h7-9H,3-6H2,1-2H3,(H,14,15)(H,16,17);1-10H/b10-7-;. The number of likely N-dealkylation sites (tertiary alicyclic amines) is 1. The quantitative estimate of drug-likeness (QED) is 0.695. The van der Waals surface area contributed by atoms with Gasteiger partial charge in [-0.1, -0.05) is 60.7 Å². The van der Waals surface area contributed by atoms with E-state index in [2.05, 4.69) is 53.4 Å². The number of methoxy groups -OCH3 is 1. The van der Waals surface area contributed by atoms with Crippen LogP contribution in [0.2, 0.25) is 0 Å². The average Bonchev–Trinajstić information content (AvgIpc) is 2.78. The third kappa shape index (κ3) is 7.13. The molecule has 160 valence electrons. The molecule has 1 aliphatic rings. The molecule has 0 aromatic heterocycles. The summed E-state index contributed by atoms with van der Waals surface area (Å²) in [6.45, 7) is 3.36.